The van der Waals surface area contributed by atoms with Gasteiger partial charge in [-0.3, -0.25) is 0 Å². The summed E-state index contributed by atoms with van der Waals surface area (Å²) in [4.78, 5) is 0. The lowest BCUT2D eigenvalue weighted by Crippen LogP contribution is -2.29. The predicted octanol–water partition coefficient (Wildman–Crippen LogP) is 2.69. The van der Waals surface area contributed by atoms with Crippen LogP contribution in [0.4, 0.5) is 0 Å². The second kappa shape index (κ2) is 10.6. The van der Waals surface area contributed by atoms with E-state index in [2.05, 4.69) is 0 Å². The molecule has 10 heteroatoms. The Hall–Kier alpha value is 0.254. The van der Waals surface area contributed by atoms with E-state index in [0.29, 0.717) is 19.3 Å². The fraction of sp³-hybridized carbons (Fsp3) is 1.00. The Balaban J connectivity index is 3.93. The maximum Gasteiger partial charge on any atom is 0.183 e. The highest BCUT2D eigenvalue weighted by molar-refractivity contribution is 7.91. The highest BCUT2D eigenvalue weighted by atomic mass is 32.2. The minimum Gasteiger partial charge on any atom is -0.417 e. The van der Waals surface area contributed by atoms with Crippen LogP contribution >= 0.6 is 0 Å². The molecule has 0 aliphatic heterocycles. The van der Waals surface area contributed by atoms with Gasteiger partial charge in [-0.2, -0.15) is 0 Å². The molecule has 0 aromatic heterocycles. The summed E-state index contributed by atoms with van der Waals surface area (Å²) in [7, 11) is -9.60. The van der Waals surface area contributed by atoms with Gasteiger partial charge in [0.1, 0.15) is 0 Å². The molecule has 0 aliphatic rings. The van der Waals surface area contributed by atoms with Gasteiger partial charge in [0.25, 0.3) is 0 Å². The molecule has 6 nitrogen and oxygen atoms in total. The normalized spacial score (nSPS) is 14.0. The van der Waals surface area contributed by atoms with Gasteiger partial charge in [-0.1, -0.05) is 6.42 Å². The number of rotatable bonds is 14. The highest BCUT2D eigenvalue weighted by Crippen LogP contribution is 2.07. The number of hydrogen-bond acceptors (Lipinski definition) is 6. The third-order valence-electron chi connectivity index (χ3n) is 3.27. The first-order valence-corrected chi connectivity index (χ1v) is 19.3. The first kappa shape index (κ1) is 25.3. The highest BCUT2D eigenvalue weighted by Gasteiger charge is 2.18. The minimum absolute atomic E-state index is 0.0452. The van der Waals surface area contributed by atoms with Crippen LogP contribution in [-0.2, 0) is 28.5 Å². The second-order valence-electron chi connectivity index (χ2n) is 8.29. The van der Waals surface area contributed by atoms with Crippen molar-refractivity contribution < 1.29 is 25.7 Å². The van der Waals surface area contributed by atoms with Crippen molar-refractivity contribution in [3.63, 3.8) is 0 Å². The van der Waals surface area contributed by atoms with E-state index in [0.717, 1.165) is 0 Å². The molecule has 0 atom stereocenters. The summed E-state index contributed by atoms with van der Waals surface area (Å²) in [5.74, 6) is 0.287. The molecule has 25 heavy (non-hydrogen) atoms. The molecule has 0 rings (SSSR count). The monoisotopic (exact) mass is 432 g/mol. The van der Waals surface area contributed by atoms with Crippen LogP contribution in [0.1, 0.15) is 19.3 Å². The fourth-order valence-corrected chi connectivity index (χ4v) is 6.07. The maximum absolute atomic E-state index is 11.9. The van der Waals surface area contributed by atoms with Crippen LogP contribution in [0.3, 0.4) is 0 Å². The van der Waals surface area contributed by atoms with Crippen molar-refractivity contribution in [3.8, 4) is 0 Å². The Labute approximate surface area is 156 Å². The number of hydrogen-bond donors (Lipinski definition) is 0. The summed E-state index contributed by atoms with van der Waals surface area (Å²) in [6.07, 6.45) is 1.59. The molecule has 0 aromatic carbocycles. The van der Waals surface area contributed by atoms with Crippen molar-refractivity contribution in [2.24, 2.45) is 0 Å². The fourth-order valence-electron chi connectivity index (χ4n) is 1.97. The number of unbranched alkanes of at least 4 members (excludes halogenated alkanes) is 2. The lowest BCUT2D eigenvalue weighted by Gasteiger charge is -2.17. The summed E-state index contributed by atoms with van der Waals surface area (Å²) in [6, 6.07) is 0. The van der Waals surface area contributed by atoms with Crippen LogP contribution in [0.25, 0.3) is 0 Å². The molecule has 0 radical (unpaired) electrons. The minimum atomic E-state index is -3.12. The molecule has 0 unspecified atom stereocenters. The lowest BCUT2D eigenvalue weighted by molar-refractivity contribution is 0.334. The van der Waals surface area contributed by atoms with Gasteiger partial charge in [0.2, 0.25) is 0 Å². The summed E-state index contributed by atoms with van der Waals surface area (Å²) >= 11 is 0. The van der Waals surface area contributed by atoms with Crippen molar-refractivity contribution >= 4 is 36.3 Å². The standard InChI is InChI=1S/C15H36O6S2Si2/c1-24(2,3)20-10-14-22(16,17)12-8-7-9-13-23(18,19)15-11-21-25(4,5)6/h7-15H2,1-6H3. The van der Waals surface area contributed by atoms with Gasteiger partial charge in [-0.25, -0.2) is 16.8 Å². The van der Waals surface area contributed by atoms with Crippen LogP contribution in [0.15, 0.2) is 0 Å². The zero-order valence-electron chi connectivity index (χ0n) is 16.6. The van der Waals surface area contributed by atoms with E-state index in [4.69, 9.17) is 8.85 Å². The summed E-state index contributed by atoms with van der Waals surface area (Å²) < 4.78 is 58.8. The lowest BCUT2D eigenvalue weighted by atomic mass is 10.3. The largest absolute Gasteiger partial charge is 0.417 e. The molecule has 0 spiro atoms. The molecular formula is C15H36O6S2Si2. The van der Waals surface area contributed by atoms with E-state index >= 15 is 0 Å². The van der Waals surface area contributed by atoms with Crippen LogP contribution < -0.4 is 0 Å². The van der Waals surface area contributed by atoms with Crippen LogP contribution in [0, 0.1) is 0 Å². The summed E-state index contributed by atoms with van der Waals surface area (Å²) in [6.45, 7) is 12.6. The molecule has 0 heterocycles. The maximum atomic E-state index is 11.9. The molecule has 0 fully saturated rings. The zero-order chi connectivity index (χ0) is 19.8. The molecule has 0 aromatic rings. The molecule has 152 valence electrons. The number of sulfone groups is 2. The van der Waals surface area contributed by atoms with Crippen LogP contribution in [-0.4, -0.2) is 69.7 Å². The molecule has 0 N–H and O–H groups in total. The first-order valence-electron chi connectivity index (χ1n) is 8.81. The topological polar surface area (TPSA) is 86.7 Å². The Kier molecular flexibility index (Phi) is 10.7. The van der Waals surface area contributed by atoms with Gasteiger partial charge >= 0.3 is 0 Å². The van der Waals surface area contributed by atoms with Gasteiger partial charge in [-0.15, -0.1) is 0 Å². The quantitative estimate of drug-likeness (QED) is 0.310. The molecule has 0 aliphatic carbocycles. The van der Waals surface area contributed by atoms with Crippen molar-refractivity contribution in [2.45, 2.75) is 58.5 Å². The molecule has 0 amide bonds. The Morgan fingerprint density at radius 2 is 0.880 bits per heavy atom. The Morgan fingerprint density at radius 3 is 1.16 bits per heavy atom. The van der Waals surface area contributed by atoms with Crippen molar-refractivity contribution in [3.05, 3.63) is 0 Å². The van der Waals surface area contributed by atoms with Crippen molar-refractivity contribution in [1.82, 2.24) is 0 Å². The van der Waals surface area contributed by atoms with Gasteiger partial charge in [0, 0.05) is 13.2 Å². The summed E-state index contributed by atoms with van der Waals surface area (Å²) in [5, 5.41) is 0. The SMILES string of the molecule is C[Si](C)(C)OCCS(=O)(=O)CCCCCS(=O)(=O)CCO[Si](C)(C)C. The average molecular weight is 433 g/mol. The third-order valence-corrected chi connectivity index (χ3v) is 8.81. The second-order valence-corrected chi connectivity index (χ2v) is 21.9. The molecule has 0 saturated heterocycles. The van der Waals surface area contributed by atoms with Crippen molar-refractivity contribution in [2.75, 3.05) is 36.2 Å². The first-order chi connectivity index (χ1) is 11.1. The van der Waals surface area contributed by atoms with Crippen LogP contribution in [0.2, 0.25) is 39.3 Å². The molecule has 0 bridgehead atoms. The van der Waals surface area contributed by atoms with Gasteiger partial charge in [0.05, 0.1) is 23.0 Å². The van der Waals surface area contributed by atoms with E-state index in [1.54, 1.807) is 0 Å². The smallest absolute Gasteiger partial charge is 0.183 e. The van der Waals surface area contributed by atoms with Gasteiger partial charge in [0.15, 0.2) is 36.3 Å². The van der Waals surface area contributed by atoms with E-state index in [9.17, 15) is 16.8 Å². The Morgan fingerprint density at radius 1 is 0.560 bits per heavy atom. The van der Waals surface area contributed by atoms with E-state index in [1.807, 2.05) is 39.3 Å². The zero-order valence-corrected chi connectivity index (χ0v) is 20.3. The molecule has 0 saturated carbocycles. The van der Waals surface area contributed by atoms with Gasteiger partial charge in [-0.05, 0) is 52.1 Å². The van der Waals surface area contributed by atoms with Crippen molar-refractivity contribution in [1.29, 1.82) is 0 Å². The Bertz CT molecular complexity index is 522. The van der Waals surface area contributed by atoms with Gasteiger partial charge < -0.3 is 8.85 Å². The van der Waals surface area contributed by atoms with E-state index in [1.165, 1.54) is 0 Å². The summed E-state index contributed by atoms with van der Waals surface area (Å²) in [5.41, 5.74) is 0. The predicted molar refractivity (Wildman–Crippen MR) is 110 cm³/mol. The van der Waals surface area contributed by atoms with E-state index in [-0.39, 0.29) is 36.2 Å². The average Bonchev–Trinajstić information content (AvgIpc) is 2.34. The van der Waals surface area contributed by atoms with Crippen LogP contribution in [0.5, 0.6) is 0 Å². The van der Waals surface area contributed by atoms with E-state index < -0.39 is 36.3 Å². The molecular weight excluding hydrogens is 396 g/mol. The third kappa shape index (κ3) is 17.4.